The van der Waals surface area contributed by atoms with Crippen LogP contribution in [0.2, 0.25) is 5.02 Å². The molecule has 6 N–H and O–H groups in total. The van der Waals surface area contributed by atoms with E-state index < -0.39 is 0 Å². The van der Waals surface area contributed by atoms with Gasteiger partial charge in [-0.2, -0.15) is 10.1 Å². The predicted molar refractivity (Wildman–Crippen MR) is 143 cm³/mol. The molecule has 3 heterocycles. The molecule has 11 heteroatoms. The summed E-state index contributed by atoms with van der Waals surface area (Å²) in [4.78, 5) is 11.5. The molecule has 0 radical (unpaired) electrons. The first-order valence-electron chi connectivity index (χ1n) is 11.5. The van der Waals surface area contributed by atoms with Gasteiger partial charge in [0.05, 0.1) is 24.5 Å². The maximum absolute atomic E-state index is 6.59. The van der Waals surface area contributed by atoms with Crippen LogP contribution in [-0.4, -0.2) is 46.0 Å². The minimum absolute atomic E-state index is 0.363. The number of para-hydroxylation sites is 1. The van der Waals surface area contributed by atoms with Crippen molar-refractivity contribution in [1.29, 1.82) is 0 Å². The SMILES string of the molecule is COc1cc2c(cc1Nc1ncc(Cl)c(-n3cc(C/C(N)=N/NN)c4ccccc43)n1)CN(C)CC2. The zero-order valence-corrected chi connectivity index (χ0v) is 20.9. The lowest BCUT2D eigenvalue weighted by molar-refractivity contribution is 0.312. The highest BCUT2D eigenvalue weighted by Crippen LogP contribution is 2.34. The lowest BCUT2D eigenvalue weighted by Gasteiger charge is -2.26. The lowest BCUT2D eigenvalue weighted by atomic mass is 9.99. The van der Waals surface area contributed by atoms with E-state index in [1.54, 1.807) is 13.3 Å². The molecule has 36 heavy (non-hydrogen) atoms. The smallest absolute Gasteiger partial charge is 0.229 e. The molecule has 0 amide bonds. The number of hydrogen-bond donors (Lipinski definition) is 4. The number of methoxy groups -OCH3 is 1. The van der Waals surface area contributed by atoms with Crippen molar-refractivity contribution in [2.45, 2.75) is 19.4 Å². The highest BCUT2D eigenvalue weighted by molar-refractivity contribution is 6.32. The summed E-state index contributed by atoms with van der Waals surface area (Å²) in [5, 5.41) is 8.63. The van der Waals surface area contributed by atoms with E-state index in [9.17, 15) is 0 Å². The number of hydrazine groups is 1. The molecule has 0 saturated heterocycles. The maximum atomic E-state index is 6.59. The van der Waals surface area contributed by atoms with Crippen LogP contribution in [0.25, 0.3) is 16.7 Å². The third kappa shape index (κ3) is 4.66. The van der Waals surface area contributed by atoms with E-state index in [1.165, 1.54) is 11.1 Å². The van der Waals surface area contributed by atoms with Crippen molar-refractivity contribution < 1.29 is 4.74 Å². The third-order valence-electron chi connectivity index (χ3n) is 6.30. The van der Waals surface area contributed by atoms with Crippen molar-refractivity contribution in [2.75, 3.05) is 26.0 Å². The minimum Gasteiger partial charge on any atom is -0.495 e. The van der Waals surface area contributed by atoms with Crippen LogP contribution >= 0.6 is 11.6 Å². The number of nitrogens with zero attached hydrogens (tertiary/aromatic N) is 5. The number of likely N-dealkylation sites (N-methyl/N-ethyl adjacent to an activating group) is 1. The van der Waals surface area contributed by atoms with Gasteiger partial charge in [-0.25, -0.2) is 16.4 Å². The zero-order chi connectivity index (χ0) is 25.2. The van der Waals surface area contributed by atoms with Crippen molar-refractivity contribution in [3.63, 3.8) is 0 Å². The number of benzene rings is 2. The van der Waals surface area contributed by atoms with Gasteiger partial charge in [-0.1, -0.05) is 29.8 Å². The summed E-state index contributed by atoms with van der Waals surface area (Å²) in [5.41, 5.74) is 13.5. The van der Waals surface area contributed by atoms with Crippen LogP contribution in [-0.2, 0) is 19.4 Å². The van der Waals surface area contributed by atoms with Crippen LogP contribution in [0.5, 0.6) is 5.75 Å². The molecule has 10 nitrogen and oxygen atoms in total. The second-order valence-electron chi connectivity index (χ2n) is 8.75. The summed E-state index contributed by atoms with van der Waals surface area (Å²) in [6.07, 6.45) is 4.94. The monoisotopic (exact) mass is 505 g/mol. The molecule has 0 aliphatic carbocycles. The Labute approximate surface area is 213 Å². The summed E-state index contributed by atoms with van der Waals surface area (Å²) < 4.78 is 7.60. The van der Waals surface area contributed by atoms with Crippen molar-refractivity contribution in [2.24, 2.45) is 16.7 Å². The van der Waals surface area contributed by atoms with Crippen molar-refractivity contribution in [3.05, 3.63) is 70.5 Å². The Balaban J connectivity index is 1.54. The van der Waals surface area contributed by atoms with Gasteiger partial charge in [-0.3, -0.25) is 4.57 Å². The number of anilines is 2. The zero-order valence-electron chi connectivity index (χ0n) is 20.1. The molecular formula is C25H28ClN9O. The first kappa shape index (κ1) is 23.9. The Bertz CT molecular complexity index is 1450. The van der Waals surface area contributed by atoms with Crippen molar-refractivity contribution in [1.82, 2.24) is 25.0 Å². The van der Waals surface area contributed by atoms with Crippen LogP contribution in [0.1, 0.15) is 16.7 Å². The molecule has 0 atom stereocenters. The Hall–Kier alpha value is -3.86. The highest BCUT2D eigenvalue weighted by Gasteiger charge is 2.19. The molecule has 2 aromatic carbocycles. The van der Waals surface area contributed by atoms with E-state index >= 15 is 0 Å². The van der Waals surface area contributed by atoms with Crippen LogP contribution in [0.3, 0.4) is 0 Å². The van der Waals surface area contributed by atoms with Gasteiger partial charge in [0.1, 0.15) is 16.6 Å². The summed E-state index contributed by atoms with van der Waals surface area (Å²) >= 11 is 6.59. The van der Waals surface area contributed by atoms with Crippen LogP contribution in [0, 0.1) is 0 Å². The lowest BCUT2D eigenvalue weighted by Crippen LogP contribution is -2.26. The molecule has 0 bridgehead atoms. The number of rotatable bonds is 7. The molecule has 0 unspecified atom stereocenters. The van der Waals surface area contributed by atoms with Crippen molar-refractivity contribution in [3.8, 4) is 11.6 Å². The van der Waals surface area contributed by atoms with Crippen LogP contribution < -0.4 is 27.2 Å². The second-order valence-corrected chi connectivity index (χ2v) is 9.16. The fraction of sp³-hybridized carbons (Fsp3) is 0.240. The average Bonchev–Trinajstić information content (AvgIpc) is 3.23. The predicted octanol–water partition coefficient (Wildman–Crippen LogP) is 3.09. The number of fused-ring (bicyclic) bond motifs is 2. The van der Waals surface area contributed by atoms with E-state index in [2.05, 4.69) is 45.0 Å². The van der Waals surface area contributed by atoms with Gasteiger partial charge in [0, 0.05) is 31.1 Å². The quantitative estimate of drug-likeness (QED) is 0.130. The summed E-state index contributed by atoms with van der Waals surface area (Å²) in [5.74, 6) is 7.34. The number of amidine groups is 1. The maximum Gasteiger partial charge on any atom is 0.229 e. The van der Waals surface area contributed by atoms with Gasteiger partial charge in [-0.15, -0.1) is 0 Å². The molecular weight excluding hydrogens is 478 g/mol. The van der Waals surface area contributed by atoms with Gasteiger partial charge in [0.25, 0.3) is 0 Å². The summed E-state index contributed by atoms with van der Waals surface area (Å²) in [7, 11) is 3.79. The molecule has 5 rings (SSSR count). The van der Waals surface area contributed by atoms with Gasteiger partial charge in [0.15, 0.2) is 5.82 Å². The number of aromatic nitrogens is 3. The normalized spacial score (nSPS) is 14.1. The number of nitrogens with two attached hydrogens (primary N) is 2. The summed E-state index contributed by atoms with van der Waals surface area (Å²) in [6.45, 7) is 1.91. The van der Waals surface area contributed by atoms with Crippen LogP contribution in [0.4, 0.5) is 11.6 Å². The van der Waals surface area contributed by atoms with Crippen LogP contribution in [0.15, 0.2) is 53.9 Å². The second kappa shape index (κ2) is 10.0. The number of hydrogen-bond acceptors (Lipinski definition) is 8. The first-order valence-corrected chi connectivity index (χ1v) is 11.9. The first-order chi connectivity index (χ1) is 17.5. The molecule has 186 valence electrons. The molecule has 0 fully saturated rings. The fourth-order valence-corrected chi connectivity index (χ4v) is 4.77. The largest absolute Gasteiger partial charge is 0.495 e. The molecule has 0 saturated carbocycles. The Kier molecular flexibility index (Phi) is 6.64. The van der Waals surface area contributed by atoms with E-state index in [-0.39, 0.29) is 0 Å². The van der Waals surface area contributed by atoms with Gasteiger partial charge in [-0.05, 0) is 48.4 Å². The molecule has 4 aromatic rings. The number of nitrogens with one attached hydrogen (secondary N) is 2. The van der Waals surface area contributed by atoms with Crippen molar-refractivity contribution >= 4 is 40.0 Å². The minimum atomic E-state index is 0.363. The Morgan fingerprint density at radius 1 is 1.25 bits per heavy atom. The topological polar surface area (TPSA) is 132 Å². The average molecular weight is 506 g/mol. The van der Waals surface area contributed by atoms with E-state index in [1.807, 2.05) is 35.0 Å². The van der Waals surface area contributed by atoms with Gasteiger partial charge < -0.3 is 20.7 Å². The fourth-order valence-electron chi connectivity index (χ4n) is 4.59. The molecule has 1 aliphatic rings. The Morgan fingerprint density at radius 2 is 2.08 bits per heavy atom. The van der Waals surface area contributed by atoms with E-state index in [0.29, 0.717) is 29.0 Å². The van der Waals surface area contributed by atoms with Gasteiger partial charge in [0.2, 0.25) is 5.95 Å². The summed E-state index contributed by atoms with van der Waals surface area (Å²) in [6, 6.07) is 12.2. The van der Waals surface area contributed by atoms with Gasteiger partial charge >= 0.3 is 0 Å². The van der Waals surface area contributed by atoms with E-state index in [4.69, 9.17) is 32.9 Å². The third-order valence-corrected chi connectivity index (χ3v) is 6.57. The highest BCUT2D eigenvalue weighted by atomic mass is 35.5. The number of halogens is 1. The molecule has 1 aliphatic heterocycles. The number of hydrazone groups is 1. The van der Waals surface area contributed by atoms with E-state index in [0.717, 1.165) is 47.4 Å². The molecule has 0 spiro atoms. The standard InChI is InChI=1S/C25H28ClN9O/c1-34-8-7-15-10-22(36-2)20(9-16(15)13-34)30-25-29-12-19(26)24(31-25)35-14-17(11-23(27)32-33-28)18-5-3-4-6-21(18)35/h3-6,9-10,12,14,33H,7-8,11,13,28H2,1-2H3,(H2,27,32)(H,29,30,31). The molecule has 2 aromatic heterocycles. The Morgan fingerprint density at radius 3 is 2.89 bits per heavy atom. The number of ether oxygens (including phenoxy) is 1.